The Bertz CT molecular complexity index is 772. The number of hydrogen-bond donors (Lipinski definition) is 2. The molecule has 0 saturated carbocycles. The summed E-state index contributed by atoms with van der Waals surface area (Å²) in [5, 5.41) is 9.73. The molecule has 0 atom stereocenters. The summed E-state index contributed by atoms with van der Waals surface area (Å²) in [5.41, 5.74) is 2.70. The van der Waals surface area contributed by atoms with Crippen molar-refractivity contribution in [3.8, 4) is 0 Å². The minimum atomic E-state index is -3.71. The lowest BCUT2D eigenvalue weighted by molar-refractivity contribution is 0.281. The molecule has 0 amide bonds. The van der Waals surface area contributed by atoms with Crippen molar-refractivity contribution in [2.75, 3.05) is 4.72 Å². The van der Waals surface area contributed by atoms with Gasteiger partial charge in [-0.25, -0.2) is 8.42 Å². The van der Waals surface area contributed by atoms with E-state index >= 15 is 0 Å². The van der Waals surface area contributed by atoms with Crippen LogP contribution in [0.25, 0.3) is 0 Å². The number of sulfonamides is 1. The van der Waals surface area contributed by atoms with Gasteiger partial charge in [0.05, 0.1) is 17.2 Å². The van der Waals surface area contributed by atoms with Gasteiger partial charge in [0, 0.05) is 5.02 Å². The molecule has 0 unspecified atom stereocenters. The van der Waals surface area contributed by atoms with Gasteiger partial charge in [-0.15, -0.1) is 0 Å². The zero-order chi connectivity index (χ0) is 15.6. The molecular weight excluding hydrogens is 310 g/mol. The minimum absolute atomic E-state index is 0.105. The van der Waals surface area contributed by atoms with Crippen molar-refractivity contribution in [3.05, 3.63) is 58.1 Å². The van der Waals surface area contributed by atoms with E-state index in [2.05, 4.69) is 4.72 Å². The Morgan fingerprint density at radius 3 is 2.38 bits per heavy atom. The fraction of sp³-hybridized carbons (Fsp3) is 0.200. The topological polar surface area (TPSA) is 66.4 Å². The molecule has 6 heteroatoms. The van der Waals surface area contributed by atoms with Crippen LogP contribution in [0.2, 0.25) is 5.02 Å². The van der Waals surface area contributed by atoms with E-state index in [1.54, 1.807) is 24.3 Å². The largest absolute Gasteiger partial charge is 0.392 e. The van der Waals surface area contributed by atoms with Gasteiger partial charge in [-0.1, -0.05) is 23.7 Å². The molecule has 21 heavy (non-hydrogen) atoms. The molecule has 0 aliphatic heterocycles. The molecule has 0 aromatic heterocycles. The zero-order valence-corrected chi connectivity index (χ0v) is 13.3. The number of rotatable bonds is 4. The summed E-state index contributed by atoms with van der Waals surface area (Å²) in [4.78, 5) is 0.105. The standard InChI is InChI=1S/C15H16ClNO3S/c1-10-4-6-14(7-12(10)9-18)21(19,20)17-13-5-3-11(2)15(16)8-13/h3-8,17-18H,9H2,1-2H3. The number of aliphatic hydroxyl groups excluding tert-OH is 1. The lowest BCUT2D eigenvalue weighted by Gasteiger charge is -2.11. The Morgan fingerprint density at radius 2 is 1.76 bits per heavy atom. The van der Waals surface area contributed by atoms with Crippen molar-refractivity contribution in [1.82, 2.24) is 0 Å². The van der Waals surface area contributed by atoms with Crippen molar-refractivity contribution in [1.29, 1.82) is 0 Å². The maximum atomic E-state index is 12.3. The second-order valence-electron chi connectivity index (χ2n) is 4.82. The number of aryl methyl sites for hydroxylation is 2. The van der Waals surface area contributed by atoms with E-state index in [1.807, 2.05) is 13.8 Å². The summed E-state index contributed by atoms with van der Waals surface area (Å²) in [5.74, 6) is 0. The SMILES string of the molecule is Cc1ccc(NS(=O)(=O)c2ccc(C)c(CO)c2)cc1Cl. The van der Waals surface area contributed by atoms with Crippen LogP contribution < -0.4 is 4.72 Å². The fourth-order valence-electron chi connectivity index (χ4n) is 1.86. The van der Waals surface area contributed by atoms with Crippen molar-refractivity contribution < 1.29 is 13.5 Å². The second kappa shape index (κ2) is 6.05. The van der Waals surface area contributed by atoms with Gasteiger partial charge in [-0.2, -0.15) is 0 Å². The molecule has 112 valence electrons. The highest BCUT2D eigenvalue weighted by atomic mass is 35.5. The quantitative estimate of drug-likeness (QED) is 0.906. The molecule has 0 heterocycles. The summed E-state index contributed by atoms with van der Waals surface area (Å²) in [6.07, 6.45) is 0. The van der Waals surface area contributed by atoms with Crippen LogP contribution in [0, 0.1) is 13.8 Å². The van der Waals surface area contributed by atoms with E-state index in [-0.39, 0.29) is 11.5 Å². The molecule has 0 saturated heterocycles. The van der Waals surface area contributed by atoms with Gasteiger partial charge in [-0.3, -0.25) is 4.72 Å². The first-order valence-electron chi connectivity index (χ1n) is 6.33. The van der Waals surface area contributed by atoms with Crippen LogP contribution in [-0.4, -0.2) is 13.5 Å². The van der Waals surface area contributed by atoms with Gasteiger partial charge in [0.2, 0.25) is 0 Å². The monoisotopic (exact) mass is 325 g/mol. The van der Waals surface area contributed by atoms with Crippen molar-refractivity contribution >= 4 is 27.3 Å². The third-order valence-corrected chi connectivity index (χ3v) is 5.01. The maximum absolute atomic E-state index is 12.3. The maximum Gasteiger partial charge on any atom is 0.261 e. The number of nitrogens with one attached hydrogen (secondary N) is 1. The highest BCUT2D eigenvalue weighted by molar-refractivity contribution is 7.92. The Labute approximate surface area is 129 Å². The number of halogens is 1. The molecule has 0 bridgehead atoms. The van der Waals surface area contributed by atoms with Gasteiger partial charge in [-0.05, 0) is 54.8 Å². The van der Waals surface area contributed by atoms with Crippen LogP contribution >= 0.6 is 11.6 Å². The molecule has 2 rings (SSSR count). The predicted molar refractivity (Wildman–Crippen MR) is 84.1 cm³/mol. The highest BCUT2D eigenvalue weighted by Gasteiger charge is 2.15. The van der Waals surface area contributed by atoms with Crippen molar-refractivity contribution in [2.45, 2.75) is 25.3 Å². The van der Waals surface area contributed by atoms with E-state index < -0.39 is 10.0 Å². The first kappa shape index (κ1) is 15.8. The number of hydrogen-bond acceptors (Lipinski definition) is 3. The number of aliphatic hydroxyl groups is 1. The van der Waals surface area contributed by atoms with Crippen molar-refractivity contribution in [3.63, 3.8) is 0 Å². The average molecular weight is 326 g/mol. The van der Waals surface area contributed by atoms with Crippen LogP contribution in [0.15, 0.2) is 41.3 Å². The van der Waals surface area contributed by atoms with Gasteiger partial charge < -0.3 is 5.11 Å². The van der Waals surface area contributed by atoms with E-state index in [1.165, 1.54) is 12.1 Å². The molecule has 0 fully saturated rings. The predicted octanol–water partition coefficient (Wildman–Crippen LogP) is 3.25. The van der Waals surface area contributed by atoms with Gasteiger partial charge in [0.15, 0.2) is 0 Å². The summed E-state index contributed by atoms with van der Waals surface area (Å²) >= 11 is 5.99. The fourth-order valence-corrected chi connectivity index (χ4v) is 3.14. The lowest BCUT2D eigenvalue weighted by atomic mass is 10.1. The minimum Gasteiger partial charge on any atom is -0.392 e. The lowest BCUT2D eigenvalue weighted by Crippen LogP contribution is -2.13. The molecule has 2 N–H and O–H groups in total. The van der Waals surface area contributed by atoms with E-state index in [9.17, 15) is 13.5 Å². The Hall–Kier alpha value is -1.56. The molecule has 0 spiro atoms. The van der Waals surface area contributed by atoms with E-state index in [0.717, 1.165) is 11.1 Å². The van der Waals surface area contributed by atoms with Gasteiger partial charge >= 0.3 is 0 Å². The van der Waals surface area contributed by atoms with Gasteiger partial charge in [0.1, 0.15) is 0 Å². The highest BCUT2D eigenvalue weighted by Crippen LogP contribution is 2.23. The third-order valence-electron chi connectivity index (χ3n) is 3.23. The van der Waals surface area contributed by atoms with Crippen LogP contribution in [0.5, 0.6) is 0 Å². The molecule has 0 radical (unpaired) electrons. The first-order chi connectivity index (χ1) is 9.83. The van der Waals surface area contributed by atoms with Crippen molar-refractivity contribution in [2.24, 2.45) is 0 Å². The summed E-state index contributed by atoms with van der Waals surface area (Å²) < 4.78 is 27.2. The first-order valence-corrected chi connectivity index (χ1v) is 8.19. The van der Waals surface area contributed by atoms with E-state index in [4.69, 9.17) is 11.6 Å². The second-order valence-corrected chi connectivity index (χ2v) is 6.91. The molecule has 0 aliphatic rings. The number of anilines is 1. The summed E-state index contributed by atoms with van der Waals surface area (Å²) in [6.45, 7) is 3.45. The third kappa shape index (κ3) is 3.56. The molecule has 0 aliphatic carbocycles. The molecular formula is C15H16ClNO3S. The normalized spacial score (nSPS) is 11.4. The smallest absolute Gasteiger partial charge is 0.261 e. The zero-order valence-electron chi connectivity index (χ0n) is 11.7. The van der Waals surface area contributed by atoms with Gasteiger partial charge in [0.25, 0.3) is 10.0 Å². The summed E-state index contributed by atoms with van der Waals surface area (Å²) in [7, 11) is -3.71. The van der Waals surface area contributed by atoms with Crippen LogP contribution in [0.1, 0.15) is 16.7 Å². The number of benzene rings is 2. The molecule has 2 aromatic rings. The van der Waals surface area contributed by atoms with Crippen LogP contribution in [0.3, 0.4) is 0 Å². The van der Waals surface area contributed by atoms with E-state index in [0.29, 0.717) is 16.3 Å². The summed E-state index contributed by atoms with van der Waals surface area (Å²) in [6, 6.07) is 9.60. The molecule has 2 aromatic carbocycles. The van der Waals surface area contributed by atoms with Crippen LogP contribution in [0.4, 0.5) is 5.69 Å². The average Bonchev–Trinajstić information content (AvgIpc) is 2.43. The Kier molecular flexibility index (Phi) is 4.56. The molecule has 4 nitrogen and oxygen atoms in total. The Balaban J connectivity index is 2.35. The Morgan fingerprint density at radius 1 is 1.10 bits per heavy atom. The van der Waals surface area contributed by atoms with Crippen LogP contribution in [-0.2, 0) is 16.6 Å².